The number of nitrogens with one attached hydrogen (secondary N) is 1. The second-order valence-corrected chi connectivity index (χ2v) is 8.34. The first-order valence-corrected chi connectivity index (χ1v) is 10.5. The van der Waals surface area contributed by atoms with E-state index in [1.165, 1.54) is 18.3 Å². The van der Waals surface area contributed by atoms with Crippen molar-refractivity contribution >= 4 is 60.6 Å². The Labute approximate surface area is 192 Å². The molecule has 0 aliphatic carbocycles. The van der Waals surface area contributed by atoms with Gasteiger partial charge in [-0.3, -0.25) is 14.9 Å². The summed E-state index contributed by atoms with van der Waals surface area (Å²) in [5.41, 5.74) is 4.36. The van der Waals surface area contributed by atoms with E-state index < -0.39 is 10.8 Å². The number of hydrogen-bond acceptors (Lipinski definition) is 6. The van der Waals surface area contributed by atoms with Crippen molar-refractivity contribution in [3.63, 3.8) is 0 Å². The number of non-ortho nitro benzene ring substituents is 1. The maximum atomic E-state index is 12.3. The molecule has 0 radical (unpaired) electrons. The Kier molecular flexibility index (Phi) is 5.75. The van der Waals surface area contributed by atoms with Crippen LogP contribution in [0.25, 0.3) is 22.3 Å². The van der Waals surface area contributed by atoms with E-state index in [1.807, 2.05) is 19.1 Å². The average molecular weight is 547 g/mol. The lowest BCUT2D eigenvalue weighted by Gasteiger charge is -2.02. The number of nitro benzene ring substituents is 1. The Morgan fingerprint density at radius 1 is 1.13 bits per heavy atom. The fourth-order valence-corrected chi connectivity index (χ4v) is 4.29. The molecule has 0 saturated carbocycles. The number of nitrogens with zero attached hydrogens (tertiary/aromatic N) is 2. The molecule has 4 aromatic rings. The fraction of sp³-hybridized carbons (Fsp3) is 0.0476. The zero-order valence-corrected chi connectivity index (χ0v) is 19.1. The lowest BCUT2D eigenvalue weighted by molar-refractivity contribution is -0.384. The number of halogens is 2. The van der Waals surface area contributed by atoms with Crippen molar-refractivity contribution in [1.29, 1.82) is 0 Å². The molecule has 0 aliphatic heterocycles. The number of hydrogen-bond donors (Lipinski definition) is 1. The van der Waals surface area contributed by atoms with E-state index in [0.29, 0.717) is 22.7 Å². The highest BCUT2D eigenvalue weighted by molar-refractivity contribution is 9.11. The Balaban J connectivity index is 1.49. The summed E-state index contributed by atoms with van der Waals surface area (Å²) in [5.74, 6) is 0.425. The molecule has 2 aromatic heterocycles. The zero-order valence-electron chi connectivity index (χ0n) is 15.9. The van der Waals surface area contributed by atoms with Crippen molar-refractivity contribution in [3.8, 4) is 11.3 Å². The SMILES string of the molecule is Cc1ccc([N+](=O)[O-])cc1-c1ccc(/C=N\NC(=O)c2cc3cc(Br)cc(Br)c3o2)o1. The summed E-state index contributed by atoms with van der Waals surface area (Å²) in [6, 6.07) is 13.2. The van der Waals surface area contributed by atoms with Crippen molar-refractivity contribution in [1.82, 2.24) is 5.43 Å². The number of fused-ring (bicyclic) bond motifs is 1. The first kappa shape index (κ1) is 21.0. The third kappa shape index (κ3) is 4.44. The van der Waals surface area contributed by atoms with Gasteiger partial charge in [0.1, 0.15) is 17.1 Å². The Bertz CT molecular complexity index is 1360. The lowest BCUT2D eigenvalue weighted by atomic mass is 10.1. The molecule has 0 atom stereocenters. The van der Waals surface area contributed by atoms with Crippen molar-refractivity contribution in [2.75, 3.05) is 0 Å². The molecule has 2 aromatic carbocycles. The predicted molar refractivity (Wildman–Crippen MR) is 122 cm³/mol. The Morgan fingerprint density at radius 3 is 2.71 bits per heavy atom. The van der Waals surface area contributed by atoms with Crippen LogP contribution in [0.4, 0.5) is 5.69 Å². The van der Waals surface area contributed by atoms with E-state index in [2.05, 4.69) is 42.4 Å². The summed E-state index contributed by atoms with van der Waals surface area (Å²) < 4.78 is 12.9. The molecule has 156 valence electrons. The monoisotopic (exact) mass is 545 g/mol. The van der Waals surface area contributed by atoms with Gasteiger partial charge in [0, 0.05) is 27.6 Å². The molecule has 4 rings (SSSR count). The van der Waals surface area contributed by atoms with Crippen LogP contribution in [0.3, 0.4) is 0 Å². The van der Waals surface area contributed by atoms with Gasteiger partial charge < -0.3 is 8.83 Å². The average Bonchev–Trinajstić information content (AvgIpc) is 3.35. The van der Waals surface area contributed by atoms with Gasteiger partial charge in [0.15, 0.2) is 5.76 Å². The molecule has 1 amide bonds. The number of benzene rings is 2. The van der Waals surface area contributed by atoms with E-state index in [9.17, 15) is 14.9 Å². The molecular formula is C21H13Br2N3O5. The first-order valence-electron chi connectivity index (χ1n) is 8.89. The van der Waals surface area contributed by atoms with Crippen molar-refractivity contribution in [2.45, 2.75) is 6.92 Å². The van der Waals surface area contributed by atoms with Gasteiger partial charge >= 0.3 is 5.91 Å². The fourth-order valence-electron chi connectivity index (χ4n) is 2.95. The topological polar surface area (TPSA) is 111 Å². The molecule has 0 fully saturated rings. The number of aryl methyl sites for hydroxylation is 1. The number of rotatable bonds is 5. The molecule has 2 heterocycles. The number of amides is 1. The van der Waals surface area contributed by atoms with Crippen molar-refractivity contribution in [2.24, 2.45) is 5.10 Å². The van der Waals surface area contributed by atoms with Crippen LogP contribution in [0.1, 0.15) is 21.9 Å². The van der Waals surface area contributed by atoms with Crippen molar-refractivity contribution < 1.29 is 18.6 Å². The third-order valence-electron chi connectivity index (χ3n) is 4.44. The number of nitro groups is 1. The number of hydrazone groups is 1. The van der Waals surface area contributed by atoms with Crippen LogP contribution in [0, 0.1) is 17.0 Å². The van der Waals surface area contributed by atoms with Gasteiger partial charge in [0.05, 0.1) is 15.6 Å². The molecule has 0 saturated heterocycles. The van der Waals surface area contributed by atoms with Crippen LogP contribution < -0.4 is 5.43 Å². The summed E-state index contributed by atoms with van der Waals surface area (Å²) in [4.78, 5) is 22.9. The molecule has 0 unspecified atom stereocenters. The van der Waals surface area contributed by atoms with E-state index in [0.717, 1.165) is 19.9 Å². The minimum atomic E-state index is -0.517. The highest BCUT2D eigenvalue weighted by Gasteiger charge is 2.15. The molecule has 10 heteroatoms. The molecule has 0 bridgehead atoms. The van der Waals surface area contributed by atoms with E-state index >= 15 is 0 Å². The highest BCUT2D eigenvalue weighted by Crippen LogP contribution is 2.31. The van der Waals surface area contributed by atoms with Crippen LogP contribution in [0.15, 0.2) is 71.4 Å². The summed E-state index contributed by atoms with van der Waals surface area (Å²) >= 11 is 6.79. The summed E-state index contributed by atoms with van der Waals surface area (Å²) in [6.45, 7) is 1.83. The second kappa shape index (κ2) is 8.48. The molecule has 0 spiro atoms. The minimum Gasteiger partial charge on any atom is -0.455 e. The zero-order chi connectivity index (χ0) is 22.1. The maximum Gasteiger partial charge on any atom is 0.307 e. The number of furan rings is 2. The maximum absolute atomic E-state index is 12.3. The van der Waals surface area contributed by atoms with Crippen LogP contribution in [-0.2, 0) is 0 Å². The minimum absolute atomic E-state index is 0.0241. The quantitative estimate of drug-likeness (QED) is 0.182. The van der Waals surface area contributed by atoms with Gasteiger partial charge in [-0.05, 0) is 58.7 Å². The standard InChI is InChI=1S/C21H13Br2N3O5/c1-11-2-3-14(26(28)29)9-16(11)18-5-4-15(30-18)10-24-25-21(27)19-7-12-6-13(22)8-17(23)20(12)31-19/h2-10H,1H3,(H,25,27)/b24-10-. The normalized spacial score (nSPS) is 11.3. The highest BCUT2D eigenvalue weighted by atomic mass is 79.9. The van der Waals surface area contributed by atoms with Gasteiger partial charge in [-0.25, -0.2) is 5.43 Å². The Hall–Kier alpha value is -3.24. The molecule has 8 nitrogen and oxygen atoms in total. The van der Waals surface area contributed by atoms with E-state index in [1.54, 1.807) is 24.3 Å². The van der Waals surface area contributed by atoms with E-state index in [4.69, 9.17) is 8.83 Å². The molecule has 0 aliphatic rings. The van der Waals surface area contributed by atoms with Gasteiger partial charge in [-0.2, -0.15) is 5.10 Å². The lowest BCUT2D eigenvalue weighted by Crippen LogP contribution is -2.16. The summed E-state index contributed by atoms with van der Waals surface area (Å²) in [5, 5.41) is 15.7. The molecule has 1 N–H and O–H groups in total. The van der Waals surface area contributed by atoms with Gasteiger partial charge in [0.2, 0.25) is 0 Å². The largest absolute Gasteiger partial charge is 0.455 e. The van der Waals surface area contributed by atoms with E-state index in [-0.39, 0.29) is 11.4 Å². The van der Waals surface area contributed by atoms with Crippen molar-refractivity contribution in [3.05, 3.63) is 84.7 Å². The van der Waals surface area contributed by atoms with Gasteiger partial charge in [-0.15, -0.1) is 0 Å². The Morgan fingerprint density at radius 2 is 1.94 bits per heavy atom. The van der Waals surface area contributed by atoms with Gasteiger partial charge in [0.25, 0.3) is 5.69 Å². The molecule has 31 heavy (non-hydrogen) atoms. The number of carbonyl (C=O) groups is 1. The van der Waals surface area contributed by atoms with Crippen LogP contribution in [0.5, 0.6) is 0 Å². The predicted octanol–water partition coefficient (Wildman–Crippen LogP) is 6.20. The first-order chi connectivity index (χ1) is 14.8. The molecular weight excluding hydrogens is 534 g/mol. The summed E-state index contributed by atoms with van der Waals surface area (Å²) in [6.07, 6.45) is 1.34. The number of carbonyl (C=O) groups excluding carboxylic acids is 1. The van der Waals surface area contributed by atoms with Gasteiger partial charge in [-0.1, -0.05) is 22.0 Å². The second-order valence-electron chi connectivity index (χ2n) is 6.57. The summed E-state index contributed by atoms with van der Waals surface area (Å²) in [7, 11) is 0. The van der Waals surface area contributed by atoms with Crippen LogP contribution >= 0.6 is 31.9 Å². The smallest absolute Gasteiger partial charge is 0.307 e. The van der Waals surface area contributed by atoms with Crippen LogP contribution in [0.2, 0.25) is 0 Å². The third-order valence-corrected chi connectivity index (χ3v) is 5.49. The van der Waals surface area contributed by atoms with Crippen LogP contribution in [-0.4, -0.2) is 17.0 Å².